The van der Waals surface area contributed by atoms with Gasteiger partial charge in [0, 0.05) is 25.9 Å². The van der Waals surface area contributed by atoms with Crippen LogP contribution in [0.4, 0.5) is 0 Å². The van der Waals surface area contributed by atoms with E-state index in [2.05, 4.69) is 10.3 Å². The summed E-state index contributed by atoms with van der Waals surface area (Å²) in [6.45, 7) is 7.73. The fourth-order valence-electron chi connectivity index (χ4n) is 5.36. The maximum absolute atomic E-state index is 13.8. The first-order valence-corrected chi connectivity index (χ1v) is 14.7. The highest BCUT2D eigenvalue weighted by molar-refractivity contribution is 7.89. The van der Waals surface area contributed by atoms with Crippen LogP contribution in [0.5, 0.6) is 11.5 Å². The van der Waals surface area contributed by atoms with Crippen molar-refractivity contribution < 1.29 is 22.7 Å². The fourth-order valence-corrected chi connectivity index (χ4v) is 6.96. The molecule has 0 saturated heterocycles. The van der Waals surface area contributed by atoms with Crippen molar-refractivity contribution in [1.29, 1.82) is 0 Å². The lowest BCUT2D eigenvalue weighted by molar-refractivity contribution is -0.117. The molecule has 0 fully saturated rings. The Balaban J connectivity index is 1.56. The zero-order valence-electron chi connectivity index (χ0n) is 23.6. The fraction of sp³-hybridized carbons (Fsp3) is 0.367. The molecular weight excluding hydrogens is 528 g/mol. The lowest BCUT2D eigenvalue weighted by Gasteiger charge is -2.24. The van der Waals surface area contributed by atoms with E-state index in [4.69, 9.17) is 9.47 Å². The van der Waals surface area contributed by atoms with Crippen molar-refractivity contribution in [3.8, 4) is 11.5 Å². The van der Waals surface area contributed by atoms with E-state index in [0.29, 0.717) is 17.0 Å². The van der Waals surface area contributed by atoms with E-state index in [1.54, 1.807) is 44.0 Å². The monoisotopic (exact) mass is 562 g/mol. The number of nitrogens with zero attached hydrogens (tertiary/aromatic N) is 4. The predicted molar refractivity (Wildman–Crippen MR) is 152 cm³/mol. The number of hydrogen-bond donors (Lipinski definition) is 0. The van der Waals surface area contributed by atoms with Crippen LogP contribution < -0.4 is 9.47 Å². The molecule has 0 N–H and O–H groups in total. The summed E-state index contributed by atoms with van der Waals surface area (Å²) < 4.78 is 42.3. The zero-order chi connectivity index (χ0) is 28.8. The number of carbonyl (C=O) groups is 1. The van der Waals surface area contributed by atoms with Crippen LogP contribution in [0.2, 0.25) is 0 Å². The van der Waals surface area contributed by atoms with Gasteiger partial charge in [-0.3, -0.25) is 4.79 Å². The Morgan fingerprint density at radius 3 is 2.62 bits per heavy atom. The number of ketones is 1. The number of benzene rings is 3. The normalized spacial score (nSPS) is 17.6. The van der Waals surface area contributed by atoms with Crippen LogP contribution >= 0.6 is 0 Å². The minimum absolute atomic E-state index is 0.0401. The molecule has 0 aliphatic carbocycles. The summed E-state index contributed by atoms with van der Waals surface area (Å²) in [5.74, 6) is 0.775. The molecule has 1 aliphatic heterocycles. The second-order valence-corrected chi connectivity index (χ2v) is 12.5. The van der Waals surface area contributed by atoms with Gasteiger partial charge in [-0.1, -0.05) is 29.5 Å². The molecule has 2 atom stereocenters. The summed E-state index contributed by atoms with van der Waals surface area (Å²) in [6, 6.07) is 15.0. The standard InChI is InChI=1S/C30H34N4O5S/c1-18-7-10-29-27(11-18)39-21(4)16-34(40(29,36)37)17-24-13-22(9-8-19(24)2)25(12-20(3)35)23-14-26-30(28(15-23)38-6)33(5)32-31-26/h7-11,13-15,21,25H,12,16-17H2,1-6H3/t21-,25?/m1/s1. The molecule has 2 heterocycles. The third-order valence-electron chi connectivity index (χ3n) is 7.43. The summed E-state index contributed by atoms with van der Waals surface area (Å²) in [5.41, 5.74) is 6.00. The Labute approximate surface area is 234 Å². The minimum Gasteiger partial charge on any atom is -0.494 e. The van der Waals surface area contributed by atoms with Gasteiger partial charge in [-0.05, 0) is 79.8 Å². The van der Waals surface area contributed by atoms with Crippen molar-refractivity contribution in [2.75, 3.05) is 13.7 Å². The van der Waals surface area contributed by atoms with Gasteiger partial charge in [0.2, 0.25) is 10.0 Å². The maximum Gasteiger partial charge on any atom is 0.247 e. The molecule has 40 heavy (non-hydrogen) atoms. The second kappa shape index (κ2) is 10.7. The first kappa shape index (κ1) is 27.8. The van der Waals surface area contributed by atoms with Crippen LogP contribution in [-0.4, -0.2) is 53.3 Å². The number of sulfonamides is 1. The van der Waals surface area contributed by atoms with Gasteiger partial charge in [-0.25, -0.2) is 13.1 Å². The molecule has 1 aliphatic rings. The van der Waals surface area contributed by atoms with Gasteiger partial charge in [-0.2, -0.15) is 4.31 Å². The smallest absolute Gasteiger partial charge is 0.247 e. The van der Waals surface area contributed by atoms with Crippen molar-refractivity contribution in [3.05, 3.63) is 76.3 Å². The molecular formula is C30H34N4O5S. The summed E-state index contributed by atoms with van der Waals surface area (Å²) in [6.07, 6.45) is -0.0465. The number of carbonyl (C=O) groups excluding carboxylic acids is 1. The average molecular weight is 563 g/mol. The topological polar surface area (TPSA) is 104 Å². The number of aryl methyl sites for hydroxylation is 3. The van der Waals surface area contributed by atoms with Crippen molar-refractivity contribution in [1.82, 2.24) is 19.3 Å². The number of rotatable bonds is 7. The molecule has 0 radical (unpaired) electrons. The zero-order valence-corrected chi connectivity index (χ0v) is 24.4. The van der Waals surface area contributed by atoms with Gasteiger partial charge in [0.25, 0.3) is 0 Å². The van der Waals surface area contributed by atoms with Crippen molar-refractivity contribution in [3.63, 3.8) is 0 Å². The quantitative estimate of drug-likeness (QED) is 0.322. The van der Waals surface area contributed by atoms with Gasteiger partial charge in [0.1, 0.15) is 39.3 Å². The number of aromatic nitrogens is 3. The van der Waals surface area contributed by atoms with Crippen LogP contribution in [0, 0.1) is 13.8 Å². The van der Waals surface area contributed by atoms with Gasteiger partial charge in [0.15, 0.2) is 0 Å². The minimum atomic E-state index is -3.80. The van der Waals surface area contributed by atoms with E-state index in [1.807, 2.05) is 51.1 Å². The number of methoxy groups -OCH3 is 1. The van der Waals surface area contributed by atoms with E-state index >= 15 is 0 Å². The summed E-state index contributed by atoms with van der Waals surface area (Å²) in [5, 5.41) is 8.39. The number of hydrogen-bond acceptors (Lipinski definition) is 7. The molecule has 210 valence electrons. The van der Waals surface area contributed by atoms with E-state index in [9.17, 15) is 13.2 Å². The maximum atomic E-state index is 13.8. The molecule has 4 aromatic rings. The molecule has 0 bridgehead atoms. The highest BCUT2D eigenvalue weighted by Gasteiger charge is 2.34. The van der Waals surface area contributed by atoms with Gasteiger partial charge in [0.05, 0.1) is 13.7 Å². The third kappa shape index (κ3) is 5.21. The summed E-state index contributed by atoms with van der Waals surface area (Å²) >= 11 is 0. The molecule has 0 saturated carbocycles. The van der Waals surface area contributed by atoms with Gasteiger partial charge < -0.3 is 9.47 Å². The highest BCUT2D eigenvalue weighted by Crippen LogP contribution is 2.37. The summed E-state index contributed by atoms with van der Waals surface area (Å²) in [7, 11) is -0.396. The molecule has 0 amide bonds. The Hall–Kier alpha value is -3.76. The van der Waals surface area contributed by atoms with E-state index in [0.717, 1.165) is 33.3 Å². The summed E-state index contributed by atoms with van der Waals surface area (Å²) in [4.78, 5) is 12.6. The lowest BCUT2D eigenvalue weighted by Crippen LogP contribution is -2.35. The van der Waals surface area contributed by atoms with Crippen molar-refractivity contribution in [2.45, 2.75) is 57.6 Å². The van der Waals surface area contributed by atoms with Crippen LogP contribution in [0.25, 0.3) is 11.0 Å². The number of fused-ring (bicyclic) bond motifs is 2. The molecule has 3 aromatic carbocycles. The average Bonchev–Trinajstić information content (AvgIpc) is 3.24. The first-order chi connectivity index (χ1) is 19.0. The van der Waals surface area contributed by atoms with Crippen molar-refractivity contribution in [2.24, 2.45) is 7.05 Å². The van der Waals surface area contributed by atoms with E-state index < -0.39 is 10.0 Å². The van der Waals surface area contributed by atoms with Crippen molar-refractivity contribution >= 4 is 26.8 Å². The molecule has 1 aromatic heterocycles. The predicted octanol–water partition coefficient (Wildman–Crippen LogP) is 4.68. The van der Waals surface area contributed by atoms with Crippen LogP contribution in [0.1, 0.15) is 54.0 Å². The highest BCUT2D eigenvalue weighted by atomic mass is 32.2. The third-order valence-corrected chi connectivity index (χ3v) is 9.28. The lowest BCUT2D eigenvalue weighted by atomic mass is 9.85. The van der Waals surface area contributed by atoms with Crippen LogP contribution in [-0.2, 0) is 28.4 Å². The SMILES string of the molecule is COc1cc(C(CC(C)=O)c2ccc(C)c(CN3C[C@@H](C)Oc4cc(C)ccc4S3(=O)=O)c2)cc2nnn(C)c12. The largest absolute Gasteiger partial charge is 0.494 e. The Morgan fingerprint density at radius 1 is 1.12 bits per heavy atom. The molecule has 1 unspecified atom stereocenters. The van der Waals surface area contributed by atoms with Gasteiger partial charge >= 0.3 is 0 Å². The second-order valence-electron chi connectivity index (χ2n) is 10.6. The van der Waals surface area contributed by atoms with Crippen LogP contribution in [0.15, 0.2) is 53.4 Å². The Bertz CT molecular complexity index is 1710. The number of ether oxygens (including phenoxy) is 2. The molecule has 0 spiro atoms. The van der Waals surface area contributed by atoms with E-state index in [-0.39, 0.29) is 42.2 Å². The molecule has 5 rings (SSSR count). The van der Waals surface area contributed by atoms with Gasteiger partial charge in [-0.15, -0.1) is 5.10 Å². The van der Waals surface area contributed by atoms with E-state index in [1.165, 1.54) is 4.31 Å². The molecule has 10 heteroatoms. The first-order valence-electron chi connectivity index (χ1n) is 13.2. The molecule has 9 nitrogen and oxygen atoms in total. The Kier molecular flexibility index (Phi) is 7.41. The Morgan fingerprint density at radius 2 is 1.90 bits per heavy atom. The number of Topliss-reactive ketones (excluding diaryl/α,β-unsaturated/α-hetero) is 1. The van der Waals surface area contributed by atoms with Crippen LogP contribution in [0.3, 0.4) is 0 Å².